The lowest BCUT2D eigenvalue weighted by molar-refractivity contribution is -0.137. The van der Waals surface area contributed by atoms with Gasteiger partial charge in [0.25, 0.3) is 5.91 Å². The molecule has 1 aromatic rings. The number of alkyl halides is 3. The summed E-state index contributed by atoms with van der Waals surface area (Å²) in [4.78, 5) is 43.5. The lowest BCUT2D eigenvalue weighted by atomic mass is 10.0. The average molecular weight is 603 g/mol. The number of aliphatic imine (C=N–C) groups is 1. The summed E-state index contributed by atoms with van der Waals surface area (Å²) in [6, 6.07) is 1.97. The van der Waals surface area contributed by atoms with Crippen LogP contribution >= 0.6 is 12.4 Å². The molecule has 226 valence electrons. The maximum atomic E-state index is 14.4. The van der Waals surface area contributed by atoms with E-state index in [2.05, 4.69) is 20.4 Å². The summed E-state index contributed by atoms with van der Waals surface area (Å²) < 4.78 is 47.9. The van der Waals surface area contributed by atoms with Gasteiger partial charge in [-0.25, -0.2) is 14.6 Å². The van der Waals surface area contributed by atoms with E-state index in [0.717, 1.165) is 33.7 Å². The number of anilines is 1. The second-order valence-corrected chi connectivity index (χ2v) is 10.5. The maximum absolute atomic E-state index is 14.4. The Morgan fingerprint density at radius 3 is 2.54 bits per heavy atom. The number of para-hydroxylation sites is 1. The standard InChI is InChI=1S/C26H33F3N6O5.ClH/c1-14(2)8-6-9-15(3)32-21(36)16-10-7-11-17(26(27,28)29)19(16)35-20(30)18(40-24(38)39)12-31-22(35)34-13-25(4,5)33-23(34)37;/h7-8,10-12,15,20H,6,9,13,30H2,1-5H3,(H,32,36)(H,33,37)(H,38,39);1H. The molecule has 0 bridgehead atoms. The van der Waals surface area contributed by atoms with E-state index in [1.807, 2.05) is 19.9 Å². The minimum Gasteiger partial charge on any atom is -0.449 e. The van der Waals surface area contributed by atoms with Crippen LogP contribution in [0, 0.1) is 0 Å². The number of nitrogens with two attached hydrogens (primary N) is 1. The van der Waals surface area contributed by atoms with Crippen molar-refractivity contribution in [2.75, 3.05) is 11.4 Å². The average Bonchev–Trinajstić information content (AvgIpc) is 3.10. The molecule has 1 fully saturated rings. The maximum Gasteiger partial charge on any atom is 0.511 e. The summed E-state index contributed by atoms with van der Waals surface area (Å²) in [5, 5.41) is 14.6. The Morgan fingerprint density at radius 1 is 1.34 bits per heavy atom. The number of halogens is 4. The lowest BCUT2D eigenvalue weighted by Crippen LogP contribution is -2.57. The molecule has 0 aliphatic carbocycles. The van der Waals surface area contributed by atoms with Gasteiger partial charge in [0.05, 0.1) is 35.1 Å². The van der Waals surface area contributed by atoms with Crippen molar-refractivity contribution in [3.8, 4) is 0 Å². The molecule has 2 unspecified atom stereocenters. The fraction of sp³-hybridized carbons (Fsp3) is 0.462. The van der Waals surface area contributed by atoms with Crippen LogP contribution in [0.2, 0.25) is 0 Å². The monoisotopic (exact) mass is 602 g/mol. The van der Waals surface area contributed by atoms with Gasteiger partial charge in [0, 0.05) is 6.04 Å². The van der Waals surface area contributed by atoms with Gasteiger partial charge in [-0.3, -0.25) is 14.6 Å². The first-order chi connectivity index (χ1) is 18.5. The predicted octanol–water partition coefficient (Wildman–Crippen LogP) is 4.79. The van der Waals surface area contributed by atoms with Crippen LogP contribution in [0.3, 0.4) is 0 Å². The molecule has 2 atom stereocenters. The number of nitrogens with zero attached hydrogens (tertiary/aromatic N) is 3. The molecule has 11 nitrogen and oxygen atoms in total. The zero-order valence-corrected chi connectivity index (χ0v) is 24.0. The number of ether oxygens (including phenoxy) is 1. The highest BCUT2D eigenvalue weighted by Gasteiger charge is 2.46. The van der Waals surface area contributed by atoms with E-state index in [4.69, 9.17) is 10.8 Å². The van der Waals surface area contributed by atoms with E-state index in [0.29, 0.717) is 12.8 Å². The number of carbonyl (C=O) groups is 3. The van der Waals surface area contributed by atoms with Gasteiger partial charge in [0.1, 0.15) is 6.17 Å². The van der Waals surface area contributed by atoms with Crippen molar-refractivity contribution in [3.05, 3.63) is 52.9 Å². The van der Waals surface area contributed by atoms with Gasteiger partial charge in [0.15, 0.2) is 5.76 Å². The van der Waals surface area contributed by atoms with Crippen molar-refractivity contribution >= 4 is 42.1 Å². The predicted molar refractivity (Wildman–Crippen MR) is 149 cm³/mol. The molecule has 15 heteroatoms. The quantitative estimate of drug-likeness (QED) is 0.259. The number of guanidine groups is 1. The molecular weight excluding hydrogens is 569 g/mol. The smallest absolute Gasteiger partial charge is 0.449 e. The van der Waals surface area contributed by atoms with Crippen LogP contribution in [0.25, 0.3) is 0 Å². The van der Waals surface area contributed by atoms with Crippen LogP contribution in [-0.4, -0.2) is 58.4 Å². The first-order valence-electron chi connectivity index (χ1n) is 12.5. The summed E-state index contributed by atoms with van der Waals surface area (Å²) in [5.41, 5.74) is 4.25. The fourth-order valence-electron chi connectivity index (χ4n) is 4.37. The second-order valence-electron chi connectivity index (χ2n) is 10.5. The van der Waals surface area contributed by atoms with Gasteiger partial charge in [-0.15, -0.1) is 12.4 Å². The molecule has 0 radical (unpaired) electrons. The molecule has 0 saturated carbocycles. The topological polar surface area (TPSA) is 150 Å². The second kappa shape index (κ2) is 12.8. The zero-order chi connectivity index (χ0) is 30.0. The van der Waals surface area contributed by atoms with E-state index in [1.165, 1.54) is 6.07 Å². The molecule has 5 N–H and O–H groups in total. The molecule has 3 amide bonds. The van der Waals surface area contributed by atoms with E-state index in [9.17, 15) is 27.6 Å². The fourth-order valence-corrected chi connectivity index (χ4v) is 4.37. The molecule has 2 aliphatic heterocycles. The number of benzene rings is 1. The van der Waals surface area contributed by atoms with Crippen molar-refractivity contribution in [1.29, 1.82) is 0 Å². The Kier molecular flexibility index (Phi) is 10.4. The SMILES string of the molecule is CC(C)=CCCC(C)NC(=O)c1cccc(C(F)(F)F)c1N1C(N2CC(C)(C)NC2=O)=NC=C(OC(=O)O)C1N.Cl. The van der Waals surface area contributed by atoms with E-state index < -0.39 is 64.6 Å². The Balaban J connectivity index is 0.00000588. The molecule has 1 aromatic carbocycles. The molecule has 2 heterocycles. The highest BCUT2D eigenvalue weighted by atomic mass is 35.5. The third-order valence-electron chi connectivity index (χ3n) is 6.14. The van der Waals surface area contributed by atoms with Crippen LogP contribution in [0.15, 0.2) is 46.8 Å². The van der Waals surface area contributed by atoms with Crippen LogP contribution in [-0.2, 0) is 10.9 Å². The number of allylic oxidation sites excluding steroid dienone is 2. The first-order valence-corrected chi connectivity index (χ1v) is 12.5. The molecular formula is C26H34ClF3N6O5. The highest BCUT2D eigenvalue weighted by Crippen LogP contribution is 2.41. The summed E-state index contributed by atoms with van der Waals surface area (Å²) in [6.07, 6.45) is -4.35. The lowest BCUT2D eigenvalue weighted by Gasteiger charge is -2.39. The zero-order valence-electron chi connectivity index (χ0n) is 23.2. The molecule has 41 heavy (non-hydrogen) atoms. The first kappa shape index (κ1) is 33.4. The van der Waals surface area contributed by atoms with Gasteiger partial charge in [-0.1, -0.05) is 17.7 Å². The van der Waals surface area contributed by atoms with E-state index in [1.54, 1.807) is 20.8 Å². The van der Waals surface area contributed by atoms with Crippen molar-refractivity contribution in [3.63, 3.8) is 0 Å². The molecule has 2 aliphatic rings. The van der Waals surface area contributed by atoms with Gasteiger partial charge in [-0.05, 0) is 59.6 Å². The Labute approximate surface area is 241 Å². The van der Waals surface area contributed by atoms with Crippen LogP contribution in [0.1, 0.15) is 63.4 Å². The van der Waals surface area contributed by atoms with Gasteiger partial charge >= 0.3 is 18.4 Å². The number of carbonyl (C=O) groups excluding carboxylic acids is 2. The normalized spacial score (nSPS) is 18.9. The summed E-state index contributed by atoms with van der Waals surface area (Å²) >= 11 is 0. The number of rotatable bonds is 7. The third-order valence-corrected chi connectivity index (χ3v) is 6.14. The number of hydrogen-bond donors (Lipinski definition) is 4. The number of hydrogen-bond acceptors (Lipinski definition) is 7. The Bertz CT molecular complexity index is 1280. The highest BCUT2D eigenvalue weighted by molar-refractivity contribution is 6.12. The number of amides is 3. The molecule has 0 aromatic heterocycles. The summed E-state index contributed by atoms with van der Waals surface area (Å²) in [5.74, 6) is -1.66. The number of carboxylic acid groups (broad SMARTS) is 1. The minimum absolute atomic E-state index is 0. The number of nitrogens with one attached hydrogen (secondary N) is 2. The third kappa shape index (κ3) is 7.91. The van der Waals surface area contributed by atoms with Gasteiger partial charge < -0.3 is 26.2 Å². The summed E-state index contributed by atoms with van der Waals surface area (Å²) in [7, 11) is 0. The van der Waals surface area contributed by atoms with Crippen molar-refractivity contribution in [2.24, 2.45) is 10.7 Å². The van der Waals surface area contributed by atoms with Crippen LogP contribution in [0.4, 0.5) is 28.4 Å². The van der Waals surface area contributed by atoms with Gasteiger partial charge in [0.2, 0.25) is 5.96 Å². The van der Waals surface area contributed by atoms with Crippen molar-refractivity contribution in [1.82, 2.24) is 15.5 Å². The van der Waals surface area contributed by atoms with Crippen molar-refractivity contribution in [2.45, 2.75) is 71.4 Å². The van der Waals surface area contributed by atoms with Crippen LogP contribution in [0.5, 0.6) is 0 Å². The Morgan fingerprint density at radius 2 is 2.00 bits per heavy atom. The molecule has 0 spiro atoms. The van der Waals surface area contributed by atoms with Gasteiger partial charge in [-0.2, -0.15) is 13.2 Å². The van der Waals surface area contributed by atoms with E-state index >= 15 is 0 Å². The Hall–Kier alpha value is -3.78. The van der Waals surface area contributed by atoms with Crippen LogP contribution < -0.4 is 21.3 Å². The largest absolute Gasteiger partial charge is 0.511 e. The molecule has 1 saturated heterocycles. The summed E-state index contributed by atoms with van der Waals surface area (Å²) in [6.45, 7) is 8.98. The number of urea groups is 1. The van der Waals surface area contributed by atoms with E-state index in [-0.39, 0.29) is 24.9 Å². The van der Waals surface area contributed by atoms with Crippen molar-refractivity contribution < 1.29 is 37.4 Å². The molecule has 3 rings (SSSR count). The minimum atomic E-state index is -4.97.